The summed E-state index contributed by atoms with van der Waals surface area (Å²) in [6, 6.07) is 0. The Balaban J connectivity index is 1.83. The Morgan fingerprint density at radius 2 is 2.43 bits per heavy atom. The molecule has 116 valence electrons. The minimum atomic E-state index is -0.476. The molecule has 0 bridgehead atoms. The molecule has 1 saturated heterocycles. The van der Waals surface area contributed by atoms with Gasteiger partial charge in [0.15, 0.2) is 5.13 Å². The van der Waals surface area contributed by atoms with E-state index >= 15 is 0 Å². The molecule has 2 N–H and O–H groups in total. The fourth-order valence-corrected chi connectivity index (χ4v) is 3.24. The molecule has 21 heavy (non-hydrogen) atoms. The van der Waals surface area contributed by atoms with Gasteiger partial charge in [-0.15, -0.1) is 17.9 Å². The lowest BCUT2D eigenvalue weighted by Gasteiger charge is -2.20. The van der Waals surface area contributed by atoms with Gasteiger partial charge in [0.1, 0.15) is 6.10 Å². The number of rotatable bonds is 7. The van der Waals surface area contributed by atoms with Crippen molar-refractivity contribution in [3.05, 3.63) is 23.7 Å². The van der Waals surface area contributed by atoms with E-state index in [2.05, 4.69) is 22.2 Å². The van der Waals surface area contributed by atoms with Gasteiger partial charge in [0.25, 0.3) is 5.91 Å². The molecule has 1 amide bonds. The van der Waals surface area contributed by atoms with E-state index in [0.29, 0.717) is 17.7 Å². The summed E-state index contributed by atoms with van der Waals surface area (Å²) in [7, 11) is 0. The fourth-order valence-electron chi connectivity index (χ4n) is 2.25. The molecule has 0 aromatic carbocycles. The minimum absolute atomic E-state index is 0.148. The molecule has 2 rings (SSSR count). The molecule has 0 spiro atoms. The summed E-state index contributed by atoms with van der Waals surface area (Å²) in [4.78, 5) is 17.5. The first kappa shape index (κ1) is 16.1. The second-order valence-corrected chi connectivity index (χ2v) is 6.23. The molecule has 0 radical (unpaired) electrons. The molecule has 0 saturated carbocycles. The third-order valence-corrected chi connectivity index (χ3v) is 4.63. The Morgan fingerprint density at radius 1 is 1.67 bits per heavy atom. The van der Waals surface area contributed by atoms with Gasteiger partial charge in [-0.25, -0.2) is 4.98 Å². The van der Waals surface area contributed by atoms with Crippen LogP contribution in [0, 0.1) is 0 Å². The molecule has 1 aliphatic rings. The van der Waals surface area contributed by atoms with E-state index in [-0.39, 0.29) is 5.91 Å². The number of carbonyl (C=O) groups is 1. The van der Waals surface area contributed by atoms with E-state index < -0.39 is 6.10 Å². The fraction of sp³-hybridized carbons (Fsp3) is 0.600. The van der Waals surface area contributed by atoms with Crippen LogP contribution in [0.4, 0.5) is 5.13 Å². The first-order chi connectivity index (χ1) is 10.2. The third-order valence-electron chi connectivity index (χ3n) is 3.55. The van der Waals surface area contributed by atoms with Gasteiger partial charge in [-0.2, -0.15) is 0 Å². The van der Waals surface area contributed by atoms with Crippen molar-refractivity contribution in [1.29, 1.82) is 0 Å². The van der Waals surface area contributed by atoms with Gasteiger partial charge in [0.2, 0.25) is 0 Å². The highest BCUT2D eigenvalue weighted by Gasteiger charge is 2.19. The van der Waals surface area contributed by atoms with Gasteiger partial charge in [0.05, 0.1) is 6.61 Å². The molecule has 5 nitrogen and oxygen atoms in total. The number of amides is 1. The molecule has 6 heteroatoms. The van der Waals surface area contributed by atoms with Gasteiger partial charge >= 0.3 is 0 Å². The standard InChI is InChI=1S/C15H23N3O2S/c1-3-4-9-20-11(2)14(19)18-15-17-10-13(21-15)12-5-7-16-8-6-12/h3,10-12,16H,1,4-9H2,2H3,(H,17,18,19). The lowest BCUT2D eigenvalue weighted by molar-refractivity contribution is -0.126. The number of hydrogen-bond acceptors (Lipinski definition) is 5. The Kier molecular flexibility index (Phi) is 6.35. The van der Waals surface area contributed by atoms with Crippen LogP contribution in [0.2, 0.25) is 0 Å². The van der Waals surface area contributed by atoms with Gasteiger partial charge in [-0.3, -0.25) is 10.1 Å². The smallest absolute Gasteiger partial charge is 0.254 e. The van der Waals surface area contributed by atoms with Crippen molar-refractivity contribution in [2.75, 3.05) is 25.0 Å². The van der Waals surface area contributed by atoms with Crippen LogP contribution in [0.5, 0.6) is 0 Å². The maximum absolute atomic E-state index is 12.0. The molecule has 1 aliphatic heterocycles. The molecule has 1 aromatic rings. The summed E-state index contributed by atoms with van der Waals surface area (Å²) in [5.74, 6) is 0.418. The summed E-state index contributed by atoms with van der Waals surface area (Å²) in [6.07, 6.45) is 6.20. The normalized spacial score (nSPS) is 17.4. The quantitative estimate of drug-likeness (QED) is 0.600. The van der Waals surface area contributed by atoms with Crippen molar-refractivity contribution in [2.45, 2.75) is 38.2 Å². The summed E-state index contributed by atoms with van der Waals surface area (Å²) in [5, 5.41) is 6.84. The molecule has 1 fully saturated rings. The van der Waals surface area contributed by atoms with Crippen LogP contribution in [-0.4, -0.2) is 36.7 Å². The van der Waals surface area contributed by atoms with Crippen molar-refractivity contribution in [3.8, 4) is 0 Å². The number of nitrogens with zero attached hydrogens (tertiary/aromatic N) is 1. The number of piperidine rings is 1. The second-order valence-electron chi connectivity index (χ2n) is 5.17. The average Bonchev–Trinajstić information content (AvgIpc) is 2.97. The third kappa shape index (κ3) is 4.91. The minimum Gasteiger partial charge on any atom is -0.368 e. The van der Waals surface area contributed by atoms with Crippen LogP contribution in [0.15, 0.2) is 18.9 Å². The summed E-state index contributed by atoms with van der Waals surface area (Å²) in [5.41, 5.74) is 0. The molecule has 2 heterocycles. The highest BCUT2D eigenvalue weighted by Crippen LogP contribution is 2.31. The topological polar surface area (TPSA) is 63.2 Å². The molecule has 0 aliphatic carbocycles. The van der Waals surface area contributed by atoms with E-state index in [0.717, 1.165) is 32.4 Å². The number of anilines is 1. The largest absolute Gasteiger partial charge is 0.368 e. The monoisotopic (exact) mass is 309 g/mol. The average molecular weight is 309 g/mol. The van der Waals surface area contributed by atoms with Crippen molar-refractivity contribution < 1.29 is 9.53 Å². The van der Waals surface area contributed by atoms with Gasteiger partial charge < -0.3 is 10.1 Å². The van der Waals surface area contributed by atoms with E-state index in [9.17, 15) is 4.79 Å². The Hall–Kier alpha value is -1.24. The SMILES string of the molecule is C=CCCOC(C)C(=O)Nc1ncc(C2CCNCC2)s1. The number of nitrogens with one attached hydrogen (secondary N) is 2. The number of hydrogen-bond donors (Lipinski definition) is 2. The highest BCUT2D eigenvalue weighted by molar-refractivity contribution is 7.15. The zero-order valence-electron chi connectivity index (χ0n) is 12.4. The Bertz CT molecular complexity index is 469. The second kappa shape index (κ2) is 8.26. The zero-order valence-corrected chi connectivity index (χ0v) is 13.2. The summed E-state index contributed by atoms with van der Waals surface area (Å²) >= 11 is 1.57. The van der Waals surface area contributed by atoms with Crippen LogP contribution in [0.3, 0.4) is 0 Å². The summed E-state index contributed by atoms with van der Waals surface area (Å²) in [6.45, 7) is 7.99. The summed E-state index contributed by atoms with van der Waals surface area (Å²) < 4.78 is 5.42. The van der Waals surface area contributed by atoms with E-state index in [4.69, 9.17) is 4.74 Å². The van der Waals surface area contributed by atoms with Crippen LogP contribution in [0.25, 0.3) is 0 Å². The predicted molar refractivity (Wildman–Crippen MR) is 85.8 cm³/mol. The molecule has 1 atom stereocenters. The lowest BCUT2D eigenvalue weighted by atomic mass is 9.97. The number of thiazole rings is 1. The van der Waals surface area contributed by atoms with Gasteiger partial charge in [0, 0.05) is 11.1 Å². The maximum Gasteiger partial charge on any atom is 0.254 e. The van der Waals surface area contributed by atoms with Crippen LogP contribution in [-0.2, 0) is 9.53 Å². The first-order valence-electron chi connectivity index (χ1n) is 7.40. The van der Waals surface area contributed by atoms with Crippen LogP contribution < -0.4 is 10.6 Å². The van der Waals surface area contributed by atoms with E-state index in [1.807, 2.05) is 6.20 Å². The molecule has 1 aromatic heterocycles. The van der Waals surface area contributed by atoms with Crippen molar-refractivity contribution in [3.63, 3.8) is 0 Å². The van der Waals surface area contributed by atoms with Crippen molar-refractivity contribution in [2.24, 2.45) is 0 Å². The maximum atomic E-state index is 12.0. The van der Waals surface area contributed by atoms with Gasteiger partial charge in [-0.05, 0) is 45.2 Å². The van der Waals surface area contributed by atoms with Crippen molar-refractivity contribution >= 4 is 22.4 Å². The first-order valence-corrected chi connectivity index (χ1v) is 8.22. The zero-order chi connectivity index (χ0) is 15.1. The predicted octanol–water partition coefficient (Wildman–Crippen LogP) is 2.53. The number of aromatic nitrogens is 1. The van der Waals surface area contributed by atoms with Gasteiger partial charge in [-0.1, -0.05) is 6.08 Å². The van der Waals surface area contributed by atoms with Crippen molar-refractivity contribution in [1.82, 2.24) is 10.3 Å². The highest BCUT2D eigenvalue weighted by atomic mass is 32.1. The molecule has 1 unspecified atom stereocenters. The molecular weight excluding hydrogens is 286 g/mol. The Labute approximate surface area is 129 Å². The van der Waals surface area contributed by atoms with E-state index in [1.165, 1.54) is 4.88 Å². The molecular formula is C15H23N3O2S. The number of ether oxygens (including phenoxy) is 1. The van der Waals surface area contributed by atoms with Crippen LogP contribution >= 0.6 is 11.3 Å². The Morgan fingerprint density at radius 3 is 3.14 bits per heavy atom. The van der Waals surface area contributed by atoms with E-state index in [1.54, 1.807) is 24.3 Å². The van der Waals surface area contributed by atoms with Crippen LogP contribution in [0.1, 0.15) is 37.0 Å². The lowest BCUT2D eigenvalue weighted by Crippen LogP contribution is -2.27. The number of carbonyl (C=O) groups excluding carboxylic acids is 1.